The van der Waals surface area contributed by atoms with E-state index in [9.17, 15) is 55.9 Å². The molecule has 0 radical (unpaired) electrons. The Morgan fingerprint density at radius 1 is 0.696 bits per heavy atom. The summed E-state index contributed by atoms with van der Waals surface area (Å²) in [4.78, 5) is 12.8. The van der Waals surface area contributed by atoms with Crippen LogP contribution in [0.1, 0.15) is 82.1 Å². The van der Waals surface area contributed by atoms with Gasteiger partial charge in [0.15, 0.2) is 12.4 Å². The second-order valence-electron chi connectivity index (χ2n) is 15.9. The third-order valence-electron chi connectivity index (χ3n) is 10.6. The summed E-state index contributed by atoms with van der Waals surface area (Å²) < 4.78 is 17.1. The van der Waals surface area contributed by atoms with E-state index in [-0.39, 0.29) is 11.5 Å². The van der Waals surface area contributed by atoms with Crippen LogP contribution in [0.4, 0.5) is 0 Å². The molecular formula is C41H72O15. The Labute approximate surface area is 332 Å². The van der Waals surface area contributed by atoms with Crippen molar-refractivity contribution in [3.8, 4) is 0 Å². The molecular weight excluding hydrogens is 732 g/mol. The van der Waals surface area contributed by atoms with Crippen molar-refractivity contribution in [2.24, 2.45) is 29.6 Å². The summed E-state index contributed by atoms with van der Waals surface area (Å²) >= 11 is 0. The summed E-state index contributed by atoms with van der Waals surface area (Å²) in [6, 6.07) is 0. The van der Waals surface area contributed by atoms with E-state index in [1.165, 1.54) is 13.0 Å². The Bertz CT molecular complexity index is 1300. The van der Waals surface area contributed by atoms with Crippen molar-refractivity contribution in [2.75, 3.05) is 19.8 Å². The maximum absolute atomic E-state index is 12.8. The lowest BCUT2D eigenvalue weighted by Gasteiger charge is -2.41. The van der Waals surface area contributed by atoms with E-state index in [0.29, 0.717) is 17.1 Å². The van der Waals surface area contributed by atoms with Gasteiger partial charge in [-0.3, -0.25) is 0 Å². The molecule has 1 aliphatic heterocycles. The van der Waals surface area contributed by atoms with Gasteiger partial charge in [0.2, 0.25) is 0 Å². The van der Waals surface area contributed by atoms with Crippen LogP contribution in [0.15, 0.2) is 46.6 Å². The number of hydrogen-bond acceptors (Lipinski definition) is 15. The van der Waals surface area contributed by atoms with Crippen LogP contribution < -0.4 is 0 Å². The number of allylic oxidation sites excluding steroid dienone is 1. The molecule has 0 aromatic rings. The average Bonchev–Trinajstić information content (AvgIpc) is 3.16. The van der Waals surface area contributed by atoms with E-state index in [4.69, 9.17) is 19.3 Å². The smallest absolute Gasteiger partial charge is 0.333 e. The lowest BCUT2D eigenvalue weighted by molar-refractivity contribution is -0.310. The van der Waals surface area contributed by atoms with Crippen LogP contribution >= 0.6 is 0 Å². The molecule has 15 heteroatoms. The predicted octanol–water partition coefficient (Wildman–Crippen LogP) is 0.638. The van der Waals surface area contributed by atoms with E-state index in [0.717, 1.165) is 18.4 Å². The van der Waals surface area contributed by atoms with Crippen molar-refractivity contribution < 1.29 is 75.2 Å². The number of aliphatic hydroxyl groups excluding tert-OH is 11. The van der Waals surface area contributed by atoms with Gasteiger partial charge in [0.1, 0.15) is 42.7 Å². The van der Waals surface area contributed by atoms with E-state index in [2.05, 4.69) is 26.8 Å². The lowest BCUT2D eigenvalue weighted by atomic mass is 9.87. The maximum atomic E-state index is 12.8. The molecule has 56 heavy (non-hydrogen) atoms. The second-order valence-corrected chi connectivity index (χ2v) is 15.9. The molecule has 1 heterocycles. The van der Waals surface area contributed by atoms with E-state index in [1.807, 2.05) is 19.9 Å². The highest BCUT2D eigenvalue weighted by Crippen LogP contribution is 2.30. The number of carbonyl (C=O) groups excluding carboxylic acids is 1. The van der Waals surface area contributed by atoms with Crippen LogP contribution in [0.3, 0.4) is 0 Å². The maximum Gasteiger partial charge on any atom is 0.333 e. The van der Waals surface area contributed by atoms with Crippen LogP contribution in [-0.2, 0) is 19.0 Å². The molecule has 1 unspecified atom stereocenters. The molecule has 0 aromatic carbocycles. The first-order valence-electron chi connectivity index (χ1n) is 19.6. The second kappa shape index (κ2) is 24.7. The molecule has 0 spiro atoms. The molecule has 17 atom stereocenters. The number of rotatable bonds is 23. The molecule has 1 aliphatic rings. The van der Waals surface area contributed by atoms with Crippen molar-refractivity contribution in [3.63, 3.8) is 0 Å². The van der Waals surface area contributed by atoms with E-state index in [1.54, 1.807) is 33.8 Å². The van der Waals surface area contributed by atoms with Gasteiger partial charge in [0, 0.05) is 23.3 Å². The minimum Gasteiger partial charge on any atom is -0.453 e. The summed E-state index contributed by atoms with van der Waals surface area (Å²) in [5, 5.41) is 112. The predicted molar refractivity (Wildman–Crippen MR) is 208 cm³/mol. The minimum absolute atomic E-state index is 0.00475. The van der Waals surface area contributed by atoms with Gasteiger partial charge in [-0.05, 0) is 62.7 Å². The molecule has 326 valence electrons. The first-order valence-corrected chi connectivity index (χ1v) is 19.6. The van der Waals surface area contributed by atoms with E-state index >= 15 is 0 Å². The third kappa shape index (κ3) is 15.3. The normalized spacial score (nSPS) is 28.3. The molecule has 1 rings (SSSR count). The van der Waals surface area contributed by atoms with Crippen molar-refractivity contribution in [1.82, 2.24) is 0 Å². The molecule has 0 aromatic heterocycles. The Morgan fingerprint density at radius 2 is 1.21 bits per heavy atom. The molecule has 1 fully saturated rings. The van der Waals surface area contributed by atoms with Crippen LogP contribution in [-0.4, -0.2) is 155 Å². The summed E-state index contributed by atoms with van der Waals surface area (Å²) in [7, 11) is 0. The molecule has 11 N–H and O–H groups in total. The van der Waals surface area contributed by atoms with Crippen LogP contribution in [0.5, 0.6) is 0 Å². The van der Waals surface area contributed by atoms with Gasteiger partial charge in [-0.25, -0.2) is 4.79 Å². The third-order valence-corrected chi connectivity index (χ3v) is 10.6. The Balaban J connectivity index is 3.26. The Morgan fingerprint density at radius 3 is 1.71 bits per heavy atom. The zero-order valence-corrected chi connectivity index (χ0v) is 34.7. The molecule has 0 saturated carbocycles. The zero-order valence-electron chi connectivity index (χ0n) is 34.7. The summed E-state index contributed by atoms with van der Waals surface area (Å²) in [6.07, 6.45) is -8.14. The average molecular weight is 805 g/mol. The summed E-state index contributed by atoms with van der Waals surface area (Å²) in [5.74, 6) is -1.85. The number of esters is 1. The van der Waals surface area contributed by atoms with Crippen LogP contribution in [0.25, 0.3) is 0 Å². The van der Waals surface area contributed by atoms with E-state index < -0.39 is 117 Å². The largest absolute Gasteiger partial charge is 0.453 e. The van der Waals surface area contributed by atoms with Gasteiger partial charge < -0.3 is 70.4 Å². The van der Waals surface area contributed by atoms with Gasteiger partial charge in [0.25, 0.3) is 0 Å². The topological polar surface area (TPSA) is 267 Å². The van der Waals surface area contributed by atoms with Crippen LogP contribution in [0.2, 0.25) is 0 Å². The van der Waals surface area contributed by atoms with Gasteiger partial charge >= 0.3 is 5.97 Å². The molecule has 15 nitrogen and oxygen atoms in total. The zero-order chi connectivity index (χ0) is 43.2. The highest BCUT2D eigenvalue weighted by molar-refractivity contribution is 5.88. The van der Waals surface area contributed by atoms with Gasteiger partial charge in [-0.15, -0.1) is 0 Å². The lowest BCUT2D eigenvalue weighted by Crippen LogP contribution is -2.60. The highest BCUT2D eigenvalue weighted by Gasteiger charge is 2.45. The van der Waals surface area contributed by atoms with Crippen molar-refractivity contribution >= 4 is 5.97 Å². The summed E-state index contributed by atoms with van der Waals surface area (Å²) in [5.41, 5.74) is 1.92. The van der Waals surface area contributed by atoms with Gasteiger partial charge in [-0.2, -0.15) is 0 Å². The molecule has 0 aliphatic carbocycles. The highest BCUT2D eigenvalue weighted by atomic mass is 16.7. The summed E-state index contributed by atoms with van der Waals surface area (Å²) in [6.45, 7) is 16.0. The first kappa shape index (κ1) is 51.9. The fraction of sp³-hybridized carbons (Fsp3) is 0.780. The number of hydrogen-bond donors (Lipinski definition) is 11. The van der Waals surface area contributed by atoms with Gasteiger partial charge in [0.05, 0.1) is 38.1 Å². The SMILES string of the molecule is CC[C@H](C)C[C@H](C)/C=C(\C)[C@@H](OC1O[C@H](CO)[C@@H](O)[C@H](O)[C@@H]1O)[C@@H](C)/C=C(\C)[C@@H](O)[C@@H](C)/C=C(\C)[C@@H](O)[C@@H](C)/C=C(\C)C(=O)O[C@@H]([C@H](O)[C@H](O)CO)[C@H](O)CO. The monoisotopic (exact) mass is 804 g/mol. The molecule has 0 amide bonds. The fourth-order valence-corrected chi connectivity index (χ4v) is 6.99. The fourth-order valence-electron chi connectivity index (χ4n) is 6.99. The number of ether oxygens (including phenoxy) is 3. The first-order chi connectivity index (χ1) is 26.1. The molecule has 1 saturated heterocycles. The van der Waals surface area contributed by atoms with Crippen LogP contribution in [0, 0.1) is 29.6 Å². The quantitative estimate of drug-likeness (QED) is 0.0385. The van der Waals surface area contributed by atoms with Gasteiger partial charge in [-0.1, -0.05) is 72.3 Å². The Kier molecular flexibility index (Phi) is 22.9. The van der Waals surface area contributed by atoms with Crippen molar-refractivity contribution in [2.45, 2.75) is 156 Å². The van der Waals surface area contributed by atoms with Crippen molar-refractivity contribution in [3.05, 3.63) is 46.6 Å². The Hall–Kier alpha value is -2.09. The number of aliphatic hydroxyl groups is 11. The molecule has 0 bridgehead atoms. The minimum atomic E-state index is -1.88. The standard InChI is InChI=1S/C41H72O15/c1-11-20(2)12-21(3)13-26(8)38(56-41-37(52)36(51)35(50)31(19-44)54-41)27(9)15-24(6)32(47)22(4)14-23(5)33(48)25(7)16-28(10)40(53)55-39(30(46)18-43)34(49)29(45)17-42/h13-16,20-22,25,27,29-39,41-52H,11-12,17-19H2,1-10H3/b23-14+,24-15+,26-13+,28-16+/t20-,21-,22-,25-,27-,29+,30+,31+,32-,33+,34+,35+,36-,37-,38+,39+,41?/m0/s1. The van der Waals surface area contributed by atoms with Crippen molar-refractivity contribution in [1.29, 1.82) is 0 Å². The number of carbonyl (C=O) groups is 1.